The highest BCUT2D eigenvalue weighted by Crippen LogP contribution is 2.35. The molecule has 5 heteroatoms. The number of aromatic nitrogens is 2. The van der Waals surface area contributed by atoms with E-state index in [9.17, 15) is 0 Å². The van der Waals surface area contributed by atoms with E-state index in [1.54, 1.807) is 0 Å². The molecular weight excluding hydrogens is 250 g/mol. The molecule has 2 aliphatic carbocycles. The number of anilines is 2. The molecule has 0 spiro atoms. The van der Waals surface area contributed by atoms with E-state index in [2.05, 4.69) is 29.2 Å². The Bertz CT molecular complexity index is 451. The minimum Gasteiger partial charge on any atom is -0.356 e. The molecule has 0 atom stereocenters. The summed E-state index contributed by atoms with van der Waals surface area (Å²) in [6.45, 7) is 6.50. The number of nitrogens with two attached hydrogens (primary N) is 1. The average Bonchev–Trinajstić information content (AvgIpc) is 3.32. The van der Waals surface area contributed by atoms with E-state index in [1.165, 1.54) is 25.7 Å². The molecule has 5 nitrogen and oxygen atoms in total. The molecule has 1 aromatic heterocycles. The molecule has 20 heavy (non-hydrogen) atoms. The van der Waals surface area contributed by atoms with Gasteiger partial charge in [-0.3, -0.25) is 0 Å². The number of rotatable bonds is 7. The third kappa shape index (κ3) is 3.39. The van der Waals surface area contributed by atoms with Crippen LogP contribution in [-0.4, -0.2) is 23.1 Å². The first-order valence-electron chi connectivity index (χ1n) is 7.76. The predicted molar refractivity (Wildman–Crippen MR) is 81.6 cm³/mol. The Labute approximate surface area is 120 Å². The zero-order valence-corrected chi connectivity index (χ0v) is 12.5. The van der Waals surface area contributed by atoms with Gasteiger partial charge in [0.1, 0.15) is 17.5 Å². The van der Waals surface area contributed by atoms with E-state index in [-0.39, 0.29) is 0 Å². The average molecular weight is 275 g/mol. The first-order valence-corrected chi connectivity index (χ1v) is 7.76. The molecule has 0 bridgehead atoms. The largest absolute Gasteiger partial charge is 0.356 e. The highest BCUT2D eigenvalue weighted by molar-refractivity contribution is 5.49. The summed E-state index contributed by atoms with van der Waals surface area (Å²) < 4.78 is 0. The lowest BCUT2D eigenvalue weighted by Crippen LogP contribution is -2.29. The Hall–Kier alpha value is -1.36. The molecule has 3 N–H and O–H groups in total. The Morgan fingerprint density at radius 1 is 1.20 bits per heavy atom. The van der Waals surface area contributed by atoms with Crippen LogP contribution in [-0.2, 0) is 0 Å². The van der Waals surface area contributed by atoms with Crippen LogP contribution >= 0.6 is 0 Å². The van der Waals surface area contributed by atoms with Crippen LogP contribution in [0, 0.1) is 11.8 Å². The molecule has 2 fully saturated rings. The monoisotopic (exact) mass is 275 g/mol. The van der Waals surface area contributed by atoms with E-state index in [0.29, 0.717) is 5.92 Å². The van der Waals surface area contributed by atoms with Crippen LogP contribution in [0.4, 0.5) is 11.6 Å². The highest BCUT2D eigenvalue weighted by Gasteiger charge is 2.30. The molecule has 0 radical (unpaired) electrons. The second-order valence-corrected chi connectivity index (χ2v) is 6.56. The Morgan fingerprint density at radius 3 is 2.25 bits per heavy atom. The Balaban J connectivity index is 1.84. The van der Waals surface area contributed by atoms with Crippen molar-refractivity contribution in [2.45, 2.75) is 45.4 Å². The van der Waals surface area contributed by atoms with E-state index in [1.807, 2.05) is 6.07 Å². The topological polar surface area (TPSA) is 67.1 Å². The van der Waals surface area contributed by atoms with Gasteiger partial charge in [0.2, 0.25) is 0 Å². The fourth-order valence-electron chi connectivity index (χ4n) is 2.43. The van der Waals surface area contributed by atoms with E-state index in [4.69, 9.17) is 10.8 Å². The van der Waals surface area contributed by atoms with Gasteiger partial charge >= 0.3 is 0 Å². The van der Waals surface area contributed by atoms with Crippen molar-refractivity contribution < 1.29 is 0 Å². The van der Waals surface area contributed by atoms with Crippen molar-refractivity contribution in [3.63, 3.8) is 0 Å². The lowest BCUT2D eigenvalue weighted by molar-refractivity contribution is 0.663. The fourth-order valence-corrected chi connectivity index (χ4v) is 2.43. The number of nitrogens with one attached hydrogen (secondary N) is 1. The van der Waals surface area contributed by atoms with Gasteiger partial charge in [0, 0.05) is 25.1 Å². The van der Waals surface area contributed by atoms with Crippen LogP contribution in [0.15, 0.2) is 6.07 Å². The molecule has 0 aromatic carbocycles. The van der Waals surface area contributed by atoms with E-state index >= 15 is 0 Å². The molecule has 0 aliphatic heterocycles. The summed E-state index contributed by atoms with van der Waals surface area (Å²) in [4.78, 5) is 11.7. The summed E-state index contributed by atoms with van der Waals surface area (Å²) in [5, 5.41) is 0. The first-order chi connectivity index (χ1) is 9.65. The van der Waals surface area contributed by atoms with E-state index < -0.39 is 0 Å². The van der Waals surface area contributed by atoms with Crippen molar-refractivity contribution in [3.8, 4) is 0 Å². The summed E-state index contributed by atoms with van der Waals surface area (Å²) in [7, 11) is 0. The van der Waals surface area contributed by atoms with Crippen LogP contribution in [0.1, 0.15) is 51.3 Å². The summed E-state index contributed by atoms with van der Waals surface area (Å²) >= 11 is 0. The van der Waals surface area contributed by atoms with Crippen molar-refractivity contribution in [2.75, 3.05) is 23.4 Å². The number of nitrogen functional groups attached to an aromatic ring is 1. The Morgan fingerprint density at radius 2 is 1.80 bits per heavy atom. The number of nitrogens with zero attached hydrogens (tertiary/aromatic N) is 3. The van der Waals surface area contributed by atoms with Crippen LogP contribution in [0.2, 0.25) is 0 Å². The molecule has 1 heterocycles. The molecule has 0 amide bonds. The fraction of sp³-hybridized carbons (Fsp3) is 0.733. The summed E-state index contributed by atoms with van der Waals surface area (Å²) in [5.41, 5.74) is 2.68. The molecule has 1 aromatic rings. The zero-order valence-electron chi connectivity index (χ0n) is 12.5. The van der Waals surface area contributed by atoms with Crippen molar-refractivity contribution >= 4 is 11.6 Å². The van der Waals surface area contributed by atoms with Crippen LogP contribution in [0.3, 0.4) is 0 Å². The van der Waals surface area contributed by atoms with Gasteiger partial charge < -0.3 is 10.3 Å². The predicted octanol–water partition coefficient (Wildman–Crippen LogP) is 2.51. The molecular formula is C15H25N5. The van der Waals surface area contributed by atoms with Gasteiger partial charge in [0.05, 0.1) is 0 Å². The van der Waals surface area contributed by atoms with Gasteiger partial charge in [0.25, 0.3) is 0 Å². The Kier molecular flexibility index (Phi) is 3.78. The first kappa shape index (κ1) is 13.6. The van der Waals surface area contributed by atoms with Gasteiger partial charge in [-0.05, 0) is 37.5 Å². The van der Waals surface area contributed by atoms with Gasteiger partial charge in [-0.25, -0.2) is 15.8 Å². The van der Waals surface area contributed by atoms with Crippen LogP contribution in [0.5, 0.6) is 0 Å². The summed E-state index contributed by atoms with van der Waals surface area (Å²) in [6, 6.07) is 1.98. The number of hydrazine groups is 1. The van der Waals surface area contributed by atoms with Crippen molar-refractivity contribution in [1.29, 1.82) is 0 Å². The summed E-state index contributed by atoms with van der Waals surface area (Å²) in [5.74, 6) is 10.2. The maximum atomic E-state index is 5.56. The molecule has 110 valence electrons. The van der Waals surface area contributed by atoms with Crippen LogP contribution in [0.25, 0.3) is 0 Å². The minimum atomic E-state index is 0.311. The lowest BCUT2D eigenvalue weighted by atomic mass is 10.2. The van der Waals surface area contributed by atoms with Gasteiger partial charge in [-0.2, -0.15) is 0 Å². The van der Waals surface area contributed by atoms with E-state index in [0.717, 1.165) is 42.4 Å². The normalized spacial score (nSPS) is 18.4. The zero-order chi connectivity index (χ0) is 14.1. The molecule has 2 saturated carbocycles. The molecule has 0 saturated heterocycles. The second kappa shape index (κ2) is 5.56. The maximum absolute atomic E-state index is 5.56. The van der Waals surface area contributed by atoms with Gasteiger partial charge in [-0.1, -0.05) is 13.8 Å². The molecule has 2 aliphatic rings. The van der Waals surface area contributed by atoms with Crippen molar-refractivity contribution in [2.24, 2.45) is 17.7 Å². The third-order valence-corrected chi connectivity index (χ3v) is 4.07. The van der Waals surface area contributed by atoms with Crippen molar-refractivity contribution in [1.82, 2.24) is 9.97 Å². The van der Waals surface area contributed by atoms with Crippen LogP contribution < -0.4 is 16.2 Å². The third-order valence-electron chi connectivity index (χ3n) is 4.07. The smallest absolute Gasteiger partial charge is 0.145 e. The maximum Gasteiger partial charge on any atom is 0.145 e. The molecule has 0 unspecified atom stereocenters. The lowest BCUT2D eigenvalue weighted by Gasteiger charge is -2.25. The number of hydrogen-bond donors (Lipinski definition) is 2. The number of hydrogen-bond acceptors (Lipinski definition) is 5. The van der Waals surface area contributed by atoms with Crippen molar-refractivity contribution in [3.05, 3.63) is 11.9 Å². The summed E-state index contributed by atoms with van der Waals surface area (Å²) in [6.07, 6.45) is 5.47. The second-order valence-electron chi connectivity index (χ2n) is 6.56. The quantitative estimate of drug-likeness (QED) is 0.591. The SMILES string of the molecule is CC(C)c1nc(NN)cc(N(CC2CC2)CC2CC2)n1. The highest BCUT2D eigenvalue weighted by atomic mass is 15.3. The molecule has 3 rings (SSSR count). The van der Waals surface area contributed by atoms with Gasteiger partial charge in [-0.15, -0.1) is 0 Å². The minimum absolute atomic E-state index is 0.311. The van der Waals surface area contributed by atoms with Gasteiger partial charge in [0.15, 0.2) is 0 Å². The standard InChI is InChI=1S/C15H25N5/c1-10(2)15-17-13(19-16)7-14(18-15)20(8-11-3-4-11)9-12-5-6-12/h7,10-12H,3-6,8-9,16H2,1-2H3,(H,17,18,19).